The Kier molecular flexibility index (Phi) is 7.81. The van der Waals surface area contributed by atoms with Crippen molar-refractivity contribution in [2.24, 2.45) is 0 Å². The number of nitrogens with zero attached hydrogens (tertiary/aromatic N) is 2. The van der Waals surface area contributed by atoms with E-state index in [4.69, 9.17) is 20.8 Å². The molecule has 7 nitrogen and oxygen atoms in total. The van der Waals surface area contributed by atoms with Crippen LogP contribution in [-0.2, 0) is 14.0 Å². The monoisotopic (exact) mass is 375 g/mol. The van der Waals surface area contributed by atoms with Crippen molar-refractivity contribution in [3.05, 3.63) is 38.9 Å². The first-order valence-corrected chi connectivity index (χ1v) is 9.24. The third-order valence-corrected chi connectivity index (χ3v) is 4.67. The zero-order valence-electron chi connectivity index (χ0n) is 14.5. The fraction of sp³-hybridized carbons (Fsp3) is 0.533. The second-order valence-electron chi connectivity index (χ2n) is 6.38. The van der Waals surface area contributed by atoms with Crippen LogP contribution in [0.5, 0.6) is 0 Å². The maximum atomic E-state index is 11.6. The minimum Gasteiger partial charge on any atom is -0.466 e. The van der Waals surface area contributed by atoms with Crippen LogP contribution in [0.15, 0.2) is 18.2 Å². The summed E-state index contributed by atoms with van der Waals surface area (Å²) in [6, 6.07) is 4.38. The molecule has 0 saturated heterocycles. The molecule has 24 heavy (non-hydrogen) atoms. The standard InChI is InChI=1S/C15H24ClN2O5Si/c1-5-22-15(19)9-8-14(23-24-18(2,3)4)12-10-11(16)6-7-13(12)17(20)21/h6-7,10,14H,5,8-9,24H2,1-4H3/q+1. The molecule has 0 aromatic heterocycles. The van der Waals surface area contributed by atoms with Crippen LogP contribution in [0, 0.1) is 10.1 Å². The highest BCUT2D eigenvalue weighted by molar-refractivity contribution is 6.30. The molecule has 134 valence electrons. The highest BCUT2D eigenvalue weighted by Crippen LogP contribution is 2.33. The number of hydrogen-bond donors (Lipinski definition) is 0. The average molecular weight is 376 g/mol. The minimum atomic E-state index is -1.03. The number of nitro groups is 1. The molecular weight excluding hydrogens is 352 g/mol. The molecule has 0 amide bonds. The van der Waals surface area contributed by atoms with E-state index in [1.165, 1.54) is 12.1 Å². The van der Waals surface area contributed by atoms with Gasteiger partial charge >= 0.3 is 15.9 Å². The van der Waals surface area contributed by atoms with Crippen LogP contribution in [0.25, 0.3) is 0 Å². The molecule has 1 atom stereocenters. The van der Waals surface area contributed by atoms with Crippen molar-refractivity contribution < 1.29 is 23.0 Å². The molecule has 9 heteroatoms. The van der Waals surface area contributed by atoms with E-state index in [1.54, 1.807) is 13.0 Å². The quantitative estimate of drug-likeness (QED) is 0.286. The highest BCUT2D eigenvalue weighted by atomic mass is 35.5. The normalized spacial score (nSPS) is 13.2. The molecule has 0 N–H and O–H groups in total. The van der Waals surface area contributed by atoms with Crippen LogP contribution < -0.4 is 0 Å². The number of halogens is 1. The van der Waals surface area contributed by atoms with Crippen molar-refractivity contribution in [2.45, 2.75) is 25.9 Å². The number of esters is 1. The zero-order valence-corrected chi connectivity index (χ0v) is 16.6. The van der Waals surface area contributed by atoms with Gasteiger partial charge in [-0.05, 0) is 25.5 Å². The molecule has 0 aliphatic rings. The van der Waals surface area contributed by atoms with E-state index in [2.05, 4.69) is 0 Å². The molecule has 0 aliphatic heterocycles. The maximum absolute atomic E-state index is 11.6. The van der Waals surface area contributed by atoms with E-state index in [1.807, 2.05) is 21.1 Å². The van der Waals surface area contributed by atoms with Crippen molar-refractivity contribution in [1.29, 1.82) is 0 Å². The molecule has 1 rings (SSSR count). The van der Waals surface area contributed by atoms with E-state index >= 15 is 0 Å². The SMILES string of the molecule is CCOC(=O)CCC(O[SiH2][N+](C)(C)C)c1cc(Cl)ccc1[N+](=O)[O-]. The van der Waals surface area contributed by atoms with Gasteiger partial charge in [0.1, 0.15) is 0 Å². The van der Waals surface area contributed by atoms with E-state index in [0.717, 1.165) is 0 Å². The molecule has 0 bridgehead atoms. The fourth-order valence-electron chi connectivity index (χ4n) is 2.07. The van der Waals surface area contributed by atoms with Crippen molar-refractivity contribution in [3.63, 3.8) is 0 Å². The summed E-state index contributed by atoms with van der Waals surface area (Å²) in [5.74, 6) is -0.345. The smallest absolute Gasteiger partial charge is 0.405 e. The van der Waals surface area contributed by atoms with Gasteiger partial charge in [-0.1, -0.05) is 11.6 Å². The van der Waals surface area contributed by atoms with Crippen molar-refractivity contribution in [2.75, 3.05) is 27.7 Å². The summed E-state index contributed by atoms with van der Waals surface area (Å²) < 4.78 is 11.6. The zero-order chi connectivity index (χ0) is 18.3. The topological polar surface area (TPSA) is 78.7 Å². The Morgan fingerprint density at radius 3 is 2.62 bits per heavy atom. The van der Waals surface area contributed by atoms with E-state index in [9.17, 15) is 14.9 Å². The lowest BCUT2D eigenvalue weighted by Gasteiger charge is -2.27. The average Bonchev–Trinajstić information content (AvgIpc) is 2.46. The summed E-state index contributed by atoms with van der Waals surface area (Å²) in [5.41, 5.74) is 0.349. The molecule has 0 saturated carbocycles. The predicted molar refractivity (Wildman–Crippen MR) is 94.4 cm³/mol. The Morgan fingerprint density at radius 1 is 1.42 bits per heavy atom. The van der Waals surface area contributed by atoms with Gasteiger partial charge in [0.25, 0.3) is 5.69 Å². The minimum absolute atomic E-state index is 0.0522. The summed E-state index contributed by atoms with van der Waals surface area (Å²) in [4.78, 5) is 22.5. The Labute approximate surface area is 149 Å². The van der Waals surface area contributed by atoms with Crippen molar-refractivity contribution in [3.8, 4) is 0 Å². The molecule has 0 spiro atoms. The number of hydrogen-bond acceptors (Lipinski definition) is 5. The van der Waals surface area contributed by atoms with E-state index in [0.29, 0.717) is 27.8 Å². The van der Waals surface area contributed by atoms with Crippen LogP contribution in [0.1, 0.15) is 31.4 Å². The number of nitro benzene ring substituents is 1. The lowest BCUT2D eigenvalue weighted by Crippen LogP contribution is -2.40. The lowest BCUT2D eigenvalue weighted by molar-refractivity contribution is -0.763. The third kappa shape index (κ3) is 6.96. The molecule has 0 aliphatic carbocycles. The molecule has 0 radical (unpaired) electrons. The molecule has 1 aromatic rings. The molecule has 1 aromatic carbocycles. The van der Waals surface area contributed by atoms with Gasteiger partial charge < -0.3 is 13.3 Å². The summed E-state index contributed by atoms with van der Waals surface area (Å²) in [5, 5.41) is 11.7. The number of carbonyl (C=O) groups is 1. The summed E-state index contributed by atoms with van der Waals surface area (Å²) >= 11 is 6.01. The summed E-state index contributed by atoms with van der Waals surface area (Å²) in [6.07, 6.45) is -0.113. The van der Waals surface area contributed by atoms with Crippen LogP contribution >= 0.6 is 11.6 Å². The van der Waals surface area contributed by atoms with Crippen LogP contribution in [0.2, 0.25) is 5.02 Å². The Morgan fingerprint density at radius 2 is 2.08 bits per heavy atom. The van der Waals surface area contributed by atoms with Gasteiger partial charge in [0.15, 0.2) is 0 Å². The van der Waals surface area contributed by atoms with Gasteiger partial charge in [-0.15, -0.1) is 0 Å². The van der Waals surface area contributed by atoms with Gasteiger partial charge in [0.05, 0.1) is 44.3 Å². The second kappa shape index (κ2) is 9.12. The van der Waals surface area contributed by atoms with E-state index in [-0.39, 0.29) is 18.1 Å². The molecule has 1 unspecified atom stereocenters. The maximum Gasteiger partial charge on any atom is 0.405 e. The van der Waals surface area contributed by atoms with Crippen molar-refractivity contribution in [1.82, 2.24) is 0 Å². The molecule has 0 fully saturated rings. The first-order chi connectivity index (χ1) is 11.1. The molecule has 0 heterocycles. The third-order valence-electron chi connectivity index (χ3n) is 3.11. The summed E-state index contributed by atoms with van der Waals surface area (Å²) in [7, 11) is 4.97. The number of quaternary nitrogens is 1. The van der Waals surface area contributed by atoms with Gasteiger partial charge in [-0.3, -0.25) is 14.9 Å². The number of carbonyl (C=O) groups excluding carboxylic acids is 1. The van der Waals surface area contributed by atoms with Gasteiger partial charge in [-0.2, -0.15) is 0 Å². The lowest BCUT2D eigenvalue weighted by atomic mass is 10.0. The number of ether oxygens (including phenoxy) is 1. The first-order valence-electron chi connectivity index (χ1n) is 7.65. The van der Waals surface area contributed by atoms with Gasteiger partial charge in [0, 0.05) is 17.5 Å². The predicted octanol–water partition coefficient (Wildman–Crippen LogP) is 2.35. The number of rotatable bonds is 9. The van der Waals surface area contributed by atoms with Gasteiger partial charge in [-0.25, -0.2) is 0 Å². The van der Waals surface area contributed by atoms with Crippen LogP contribution in [-0.4, -0.2) is 52.7 Å². The van der Waals surface area contributed by atoms with E-state index < -0.39 is 21.0 Å². The Balaban J connectivity index is 3.05. The molecular formula is C15H24ClN2O5Si+. The number of benzene rings is 1. The Hall–Kier alpha value is -1.48. The Bertz CT molecular complexity index is 592. The first kappa shape index (κ1) is 20.6. The van der Waals surface area contributed by atoms with Crippen LogP contribution in [0.3, 0.4) is 0 Å². The van der Waals surface area contributed by atoms with Crippen LogP contribution in [0.4, 0.5) is 5.69 Å². The second-order valence-corrected chi connectivity index (χ2v) is 9.30. The van der Waals surface area contributed by atoms with Gasteiger partial charge in [0.2, 0.25) is 0 Å². The fourth-order valence-corrected chi connectivity index (χ4v) is 3.23. The van der Waals surface area contributed by atoms with Crippen molar-refractivity contribution >= 4 is 33.2 Å². The largest absolute Gasteiger partial charge is 0.466 e. The highest BCUT2D eigenvalue weighted by Gasteiger charge is 2.26. The summed E-state index contributed by atoms with van der Waals surface area (Å²) in [6.45, 7) is 2.03.